The molecule has 0 heterocycles. The van der Waals surface area contributed by atoms with Crippen LogP contribution < -0.4 is 4.72 Å². The first-order chi connectivity index (χ1) is 9.37. The molecule has 0 amide bonds. The third kappa shape index (κ3) is 3.23. The van der Waals surface area contributed by atoms with E-state index in [-0.39, 0.29) is 23.6 Å². The zero-order chi connectivity index (χ0) is 14.9. The average molecular weight is 364 g/mol. The fourth-order valence-corrected chi connectivity index (χ4v) is 4.43. The van der Waals surface area contributed by atoms with Crippen molar-refractivity contribution in [1.82, 2.24) is 4.72 Å². The molecule has 1 saturated carbocycles. The molecular weight excluding hydrogens is 346 g/mol. The van der Waals surface area contributed by atoms with Crippen LogP contribution in [0.3, 0.4) is 0 Å². The van der Waals surface area contributed by atoms with Crippen LogP contribution in [-0.4, -0.2) is 32.8 Å². The van der Waals surface area contributed by atoms with Crippen LogP contribution in [0.1, 0.15) is 24.0 Å². The van der Waals surface area contributed by atoms with Crippen molar-refractivity contribution < 1.29 is 18.3 Å². The molecule has 0 radical (unpaired) electrons. The maximum absolute atomic E-state index is 12.4. The van der Waals surface area contributed by atoms with E-state index in [1.165, 1.54) is 6.07 Å². The zero-order valence-electron chi connectivity index (χ0n) is 11.4. The molecular formula is C13H18BrNO4S. The third-order valence-corrected chi connectivity index (χ3v) is 6.05. The number of sulfonamides is 1. The fraction of sp³-hybridized carbons (Fsp3) is 0.538. The highest BCUT2D eigenvalue weighted by molar-refractivity contribution is 9.10. The Morgan fingerprint density at radius 3 is 2.65 bits per heavy atom. The van der Waals surface area contributed by atoms with Gasteiger partial charge in [-0.2, -0.15) is 0 Å². The van der Waals surface area contributed by atoms with Gasteiger partial charge in [0, 0.05) is 17.6 Å². The van der Waals surface area contributed by atoms with Gasteiger partial charge < -0.3 is 9.84 Å². The molecule has 7 heteroatoms. The van der Waals surface area contributed by atoms with E-state index in [2.05, 4.69) is 20.7 Å². The van der Waals surface area contributed by atoms with Crippen molar-refractivity contribution in [2.45, 2.75) is 43.4 Å². The lowest BCUT2D eigenvalue weighted by Crippen LogP contribution is -2.47. The topological polar surface area (TPSA) is 75.6 Å². The second-order valence-corrected chi connectivity index (χ2v) is 7.54. The summed E-state index contributed by atoms with van der Waals surface area (Å²) >= 11 is 3.32. The van der Waals surface area contributed by atoms with E-state index in [0.717, 1.165) is 0 Å². The summed E-state index contributed by atoms with van der Waals surface area (Å²) in [5.41, 5.74) is 1.20. The highest BCUT2D eigenvalue weighted by Crippen LogP contribution is 2.28. The van der Waals surface area contributed by atoms with Crippen molar-refractivity contribution in [3.8, 4) is 0 Å². The van der Waals surface area contributed by atoms with Crippen LogP contribution >= 0.6 is 15.9 Å². The predicted octanol–water partition coefficient (Wildman–Crippen LogP) is 1.71. The van der Waals surface area contributed by atoms with Crippen LogP contribution in [-0.2, 0) is 21.4 Å². The number of halogens is 1. The first kappa shape index (κ1) is 15.9. The minimum Gasteiger partial charge on any atom is -0.392 e. The third-order valence-electron chi connectivity index (χ3n) is 3.58. The molecule has 1 aliphatic rings. The minimum atomic E-state index is -3.58. The number of rotatable bonds is 5. The minimum absolute atomic E-state index is 0.0825. The summed E-state index contributed by atoms with van der Waals surface area (Å²) in [6.07, 6.45) is 1.52. The summed E-state index contributed by atoms with van der Waals surface area (Å²) in [5.74, 6) is 0. The summed E-state index contributed by atoms with van der Waals surface area (Å²) in [6.45, 7) is 1.54. The number of aliphatic hydroxyl groups is 1. The molecule has 1 aromatic rings. The molecule has 1 aliphatic carbocycles. The number of hydrogen-bond donors (Lipinski definition) is 2. The van der Waals surface area contributed by atoms with Crippen LogP contribution in [0.5, 0.6) is 0 Å². The Morgan fingerprint density at radius 1 is 1.45 bits per heavy atom. The van der Waals surface area contributed by atoms with Crippen molar-refractivity contribution in [1.29, 1.82) is 0 Å². The molecule has 0 aliphatic heterocycles. The number of methoxy groups -OCH3 is 1. The van der Waals surface area contributed by atoms with E-state index < -0.39 is 10.0 Å². The molecule has 0 saturated heterocycles. The zero-order valence-corrected chi connectivity index (χ0v) is 13.8. The maximum atomic E-state index is 12.4. The van der Waals surface area contributed by atoms with Crippen molar-refractivity contribution in [3.63, 3.8) is 0 Å². The molecule has 0 aromatic heterocycles. The van der Waals surface area contributed by atoms with Gasteiger partial charge in [0.25, 0.3) is 0 Å². The van der Waals surface area contributed by atoms with E-state index >= 15 is 0 Å². The summed E-state index contributed by atoms with van der Waals surface area (Å²) in [6, 6.07) is 3.15. The number of nitrogens with one attached hydrogen (secondary N) is 1. The molecule has 112 valence electrons. The summed E-state index contributed by atoms with van der Waals surface area (Å²) in [5, 5.41) is 9.20. The van der Waals surface area contributed by atoms with Crippen molar-refractivity contribution in [2.75, 3.05) is 7.11 Å². The largest absolute Gasteiger partial charge is 0.392 e. The maximum Gasteiger partial charge on any atom is 0.241 e. The Hall–Kier alpha value is -0.470. The summed E-state index contributed by atoms with van der Waals surface area (Å²) < 4.78 is 33.3. The van der Waals surface area contributed by atoms with Gasteiger partial charge in [-0.05, 0) is 43.0 Å². The molecule has 5 nitrogen and oxygen atoms in total. The van der Waals surface area contributed by atoms with Crippen molar-refractivity contribution in [3.05, 3.63) is 27.7 Å². The second kappa shape index (κ2) is 6.11. The van der Waals surface area contributed by atoms with Gasteiger partial charge in [0.1, 0.15) is 0 Å². The number of ether oxygens (including phenoxy) is 1. The van der Waals surface area contributed by atoms with Gasteiger partial charge in [0.15, 0.2) is 0 Å². The Bertz CT molecular complexity index is 597. The van der Waals surface area contributed by atoms with Gasteiger partial charge in [-0.25, -0.2) is 13.1 Å². The van der Waals surface area contributed by atoms with Crippen LogP contribution in [0.25, 0.3) is 0 Å². The van der Waals surface area contributed by atoms with E-state index in [4.69, 9.17) is 4.74 Å². The predicted molar refractivity (Wildman–Crippen MR) is 78.9 cm³/mol. The van der Waals surface area contributed by atoms with Gasteiger partial charge in [-0.15, -0.1) is 0 Å². The molecule has 20 heavy (non-hydrogen) atoms. The van der Waals surface area contributed by atoms with Crippen LogP contribution in [0, 0.1) is 6.92 Å². The lowest BCUT2D eigenvalue weighted by Gasteiger charge is -2.34. The first-order valence-corrected chi connectivity index (χ1v) is 8.60. The Labute approximate surface area is 127 Å². The van der Waals surface area contributed by atoms with E-state index in [9.17, 15) is 13.5 Å². The van der Waals surface area contributed by atoms with Crippen LogP contribution in [0.2, 0.25) is 0 Å². The molecule has 0 unspecified atom stereocenters. The summed E-state index contributed by atoms with van der Waals surface area (Å²) in [4.78, 5) is 0.205. The van der Waals surface area contributed by atoms with E-state index in [1.54, 1.807) is 20.1 Å². The molecule has 0 bridgehead atoms. The summed E-state index contributed by atoms with van der Waals surface area (Å²) in [7, 11) is -1.96. The number of benzene rings is 1. The highest BCUT2D eigenvalue weighted by Gasteiger charge is 2.33. The lowest BCUT2D eigenvalue weighted by atomic mass is 9.90. The highest BCUT2D eigenvalue weighted by atomic mass is 79.9. The van der Waals surface area contributed by atoms with Gasteiger partial charge in [0.2, 0.25) is 10.0 Å². The molecule has 2 rings (SSSR count). The van der Waals surface area contributed by atoms with Gasteiger partial charge in [-0.1, -0.05) is 15.9 Å². The van der Waals surface area contributed by atoms with E-state index in [1.807, 2.05) is 0 Å². The number of aliphatic hydroxyl groups excluding tert-OH is 1. The number of hydrogen-bond acceptors (Lipinski definition) is 4. The Morgan fingerprint density at radius 2 is 2.10 bits per heavy atom. The lowest BCUT2D eigenvalue weighted by molar-refractivity contribution is 0.0236. The van der Waals surface area contributed by atoms with Crippen molar-refractivity contribution in [2.24, 2.45) is 0 Å². The van der Waals surface area contributed by atoms with Gasteiger partial charge in [0.05, 0.1) is 17.6 Å². The smallest absolute Gasteiger partial charge is 0.241 e. The van der Waals surface area contributed by atoms with Crippen molar-refractivity contribution >= 4 is 26.0 Å². The normalized spacial score (nSPS) is 22.6. The van der Waals surface area contributed by atoms with Gasteiger partial charge in [-0.3, -0.25) is 0 Å². The van der Waals surface area contributed by atoms with Crippen LogP contribution in [0.15, 0.2) is 21.5 Å². The molecule has 1 fully saturated rings. The molecule has 2 N–H and O–H groups in total. The van der Waals surface area contributed by atoms with Gasteiger partial charge >= 0.3 is 0 Å². The Balaban J connectivity index is 2.23. The first-order valence-electron chi connectivity index (χ1n) is 6.32. The van der Waals surface area contributed by atoms with Crippen LogP contribution in [0.4, 0.5) is 0 Å². The average Bonchev–Trinajstić information content (AvgIpc) is 2.36. The Kier molecular flexibility index (Phi) is 4.86. The fourth-order valence-electron chi connectivity index (χ4n) is 2.21. The molecule has 1 aromatic carbocycles. The second-order valence-electron chi connectivity index (χ2n) is 5.01. The molecule has 0 atom stereocenters. The monoisotopic (exact) mass is 363 g/mol. The standard InChI is InChI=1S/C13H18BrNO4S/c1-8-12(14)3-9(7-16)4-13(8)20(17,18)15-10-5-11(6-10)19-2/h3-4,10-11,15-16H,5-7H2,1-2H3. The molecule has 0 spiro atoms. The SMILES string of the molecule is COC1CC(NS(=O)(=O)c2cc(CO)cc(Br)c2C)C1. The quantitative estimate of drug-likeness (QED) is 0.834. The van der Waals surface area contributed by atoms with E-state index in [0.29, 0.717) is 28.4 Å².